The van der Waals surface area contributed by atoms with E-state index in [4.69, 9.17) is 0 Å². The smallest absolute Gasteiger partial charge is 0.255 e. The van der Waals surface area contributed by atoms with Gasteiger partial charge < -0.3 is 5.32 Å². The summed E-state index contributed by atoms with van der Waals surface area (Å²) in [5.74, 6) is 4.99. The second-order valence-corrected chi connectivity index (χ2v) is 6.08. The number of nitrogens with zero attached hydrogens (tertiary/aromatic N) is 1. The van der Waals surface area contributed by atoms with Gasteiger partial charge in [-0.2, -0.15) is 0 Å². The molecule has 3 aromatic rings. The number of anilines is 1. The van der Waals surface area contributed by atoms with Crippen LogP contribution in [0.15, 0.2) is 53.9 Å². The van der Waals surface area contributed by atoms with E-state index in [0.29, 0.717) is 16.8 Å². The second-order valence-electron chi connectivity index (χ2n) is 5.02. The number of amides is 1. The van der Waals surface area contributed by atoms with Crippen molar-refractivity contribution in [2.75, 3.05) is 5.32 Å². The summed E-state index contributed by atoms with van der Waals surface area (Å²) < 4.78 is 13.9. The van der Waals surface area contributed by atoms with E-state index in [1.807, 2.05) is 18.4 Å². The summed E-state index contributed by atoms with van der Waals surface area (Å²) in [6, 6.07) is 13.0. The molecule has 3 nitrogen and oxygen atoms in total. The lowest BCUT2D eigenvalue weighted by Crippen LogP contribution is -2.12. The van der Waals surface area contributed by atoms with Crippen molar-refractivity contribution in [3.05, 3.63) is 81.6 Å². The Labute approximate surface area is 143 Å². The van der Waals surface area contributed by atoms with Crippen LogP contribution in [0.2, 0.25) is 0 Å². The number of halogens is 1. The molecule has 0 fully saturated rings. The second kappa shape index (κ2) is 7.07. The number of benzene rings is 2. The first-order chi connectivity index (χ1) is 11.6. The van der Waals surface area contributed by atoms with Crippen LogP contribution in [0, 0.1) is 24.6 Å². The van der Waals surface area contributed by atoms with Gasteiger partial charge in [0, 0.05) is 16.5 Å². The van der Waals surface area contributed by atoms with Gasteiger partial charge in [0.1, 0.15) is 11.5 Å². The van der Waals surface area contributed by atoms with E-state index in [9.17, 15) is 9.18 Å². The van der Waals surface area contributed by atoms with Crippen LogP contribution in [-0.2, 0) is 0 Å². The number of aromatic nitrogens is 1. The number of nitrogens with one attached hydrogen (secondary N) is 1. The van der Waals surface area contributed by atoms with Crippen molar-refractivity contribution >= 4 is 22.9 Å². The maximum absolute atomic E-state index is 13.9. The van der Waals surface area contributed by atoms with Gasteiger partial charge in [-0.3, -0.25) is 4.79 Å². The van der Waals surface area contributed by atoms with Gasteiger partial charge in [0.2, 0.25) is 0 Å². The van der Waals surface area contributed by atoms with E-state index in [0.717, 1.165) is 5.01 Å². The molecule has 0 spiro atoms. The predicted molar refractivity (Wildman–Crippen MR) is 93.6 cm³/mol. The molecule has 2 aromatic carbocycles. The monoisotopic (exact) mass is 336 g/mol. The topological polar surface area (TPSA) is 42.0 Å². The normalized spacial score (nSPS) is 9.92. The summed E-state index contributed by atoms with van der Waals surface area (Å²) in [7, 11) is 0. The Bertz CT molecular complexity index is 939. The molecule has 0 bridgehead atoms. The molecule has 0 aliphatic heterocycles. The number of rotatable bonds is 2. The average molecular weight is 336 g/mol. The number of carbonyl (C=O) groups is 1. The fourth-order valence-corrected chi connectivity index (χ4v) is 2.58. The van der Waals surface area contributed by atoms with Crippen molar-refractivity contribution in [1.29, 1.82) is 0 Å². The first-order valence-electron chi connectivity index (χ1n) is 7.22. The third-order valence-electron chi connectivity index (χ3n) is 3.20. The zero-order chi connectivity index (χ0) is 16.9. The van der Waals surface area contributed by atoms with Crippen molar-refractivity contribution in [2.45, 2.75) is 6.92 Å². The van der Waals surface area contributed by atoms with Gasteiger partial charge in [-0.1, -0.05) is 24.1 Å². The fraction of sp³-hybridized carbons (Fsp3) is 0.0526. The Balaban J connectivity index is 1.82. The highest BCUT2D eigenvalue weighted by molar-refractivity contribution is 7.09. The van der Waals surface area contributed by atoms with Crippen LogP contribution < -0.4 is 5.32 Å². The highest BCUT2D eigenvalue weighted by atomic mass is 32.1. The standard InChI is InChI=1S/C19H13FN2OS/c1-13-21-16(12-24-13)9-7-14-8-10-17(20)18(11-14)22-19(23)15-5-3-2-4-6-15/h2-6,8,10-12H,1H3,(H,22,23). The molecule has 1 heterocycles. The van der Waals surface area contributed by atoms with Crippen molar-refractivity contribution < 1.29 is 9.18 Å². The SMILES string of the molecule is Cc1nc(C#Cc2ccc(F)c(NC(=O)c3ccccc3)c2)cs1. The lowest BCUT2D eigenvalue weighted by molar-refractivity contribution is 0.102. The Morgan fingerprint density at radius 1 is 1.17 bits per heavy atom. The van der Waals surface area contributed by atoms with Gasteiger partial charge >= 0.3 is 0 Å². The van der Waals surface area contributed by atoms with Crippen LogP contribution >= 0.6 is 11.3 Å². The third kappa shape index (κ3) is 3.86. The molecule has 1 amide bonds. The molecule has 0 unspecified atom stereocenters. The molecule has 0 saturated heterocycles. The number of carbonyl (C=O) groups excluding carboxylic acids is 1. The molecule has 1 N–H and O–H groups in total. The van der Waals surface area contributed by atoms with Gasteiger partial charge in [-0.15, -0.1) is 11.3 Å². The number of aryl methyl sites for hydroxylation is 1. The van der Waals surface area contributed by atoms with Gasteiger partial charge in [0.05, 0.1) is 10.7 Å². The van der Waals surface area contributed by atoms with Crippen LogP contribution in [0.1, 0.15) is 26.6 Å². The molecule has 0 aliphatic rings. The maximum atomic E-state index is 13.9. The lowest BCUT2D eigenvalue weighted by Gasteiger charge is -2.07. The molecule has 0 aliphatic carbocycles. The van der Waals surface area contributed by atoms with Crippen molar-refractivity contribution in [3.8, 4) is 11.8 Å². The van der Waals surface area contributed by atoms with Crippen LogP contribution in [0.3, 0.4) is 0 Å². The van der Waals surface area contributed by atoms with Gasteiger partial charge in [0.25, 0.3) is 5.91 Å². The Morgan fingerprint density at radius 2 is 1.96 bits per heavy atom. The Kier molecular flexibility index (Phi) is 4.69. The molecule has 118 valence electrons. The molecule has 1 aromatic heterocycles. The van der Waals surface area contributed by atoms with Crippen molar-refractivity contribution in [3.63, 3.8) is 0 Å². The summed E-state index contributed by atoms with van der Waals surface area (Å²) in [6.45, 7) is 1.91. The fourth-order valence-electron chi connectivity index (χ4n) is 2.04. The van der Waals surface area contributed by atoms with E-state index in [1.54, 1.807) is 30.3 Å². The zero-order valence-electron chi connectivity index (χ0n) is 12.8. The molecule has 3 rings (SSSR count). The van der Waals surface area contributed by atoms with E-state index < -0.39 is 5.82 Å². The van der Waals surface area contributed by atoms with Crippen LogP contribution in [-0.4, -0.2) is 10.9 Å². The van der Waals surface area contributed by atoms with Gasteiger partial charge in [-0.25, -0.2) is 9.37 Å². The third-order valence-corrected chi connectivity index (χ3v) is 3.98. The van der Waals surface area contributed by atoms with Gasteiger partial charge in [0.15, 0.2) is 0 Å². The average Bonchev–Trinajstić information content (AvgIpc) is 3.02. The quantitative estimate of drug-likeness (QED) is 0.711. The minimum Gasteiger partial charge on any atom is -0.319 e. The molecule has 0 radical (unpaired) electrons. The first kappa shape index (κ1) is 15.9. The summed E-state index contributed by atoms with van der Waals surface area (Å²) >= 11 is 1.52. The molecular formula is C19H13FN2OS. The molecule has 0 saturated carbocycles. The summed E-state index contributed by atoms with van der Waals surface area (Å²) in [6.07, 6.45) is 0. The van der Waals surface area contributed by atoms with Crippen molar-refractivity contribution in [2.24, 2.45) is 0 Å². The van der Waals surface area contributed by atoms with Crippen LogP contribution in [0.4, 0.5) is 10.1 Å². The zero-order valence-corrected chi connectivity index (χ0v) is 13.7. The first-order valence-corrected chi connectivity index (χ1v) is 8.10. The van der Waals surface area contributed by atoms with E-state index >= 15 is 0 Å². The Morgan fingerprint density at radius 3 is 2.67 bits per heavy atom. The number of thiazole rings is 1. The predicted octanol–water partition coefficient (Wildman–Crippen LogP) is 4.24. The minimum absolute atomic E-state index is 0.102. The lowest BCUT2D eigenvalue weighted by atomic mass is 10.1. The van der Waals surface area contributed by atoms with Crippen LogP contribution in [0.5, 0.6) is 0 Å². The number of hydrogen-bond donors (Lipinski definition) is 1. The van der Waals surface area contributed by atoms with Crippen molar-refractivity contribution in [1.82, 2.24) is 4.98 Å². The molecule has 24 heavy (non-hydrogen) atoms. The van der Waals surface area contributed by atoms with Gasteiger partial charge in [-0.05, 0) is 43.2 Å². The summed E-state index contributed by atoms with van der Waals surface area (Å²) in [4.78, 5) is 16.4. The van der Waals surface area contributed by atoms with E-state index in [1.165, 1.54) is 23.5 Å². The number of hydrogen-bond acceptors (Lipinski definition) is 3. The Hall–Kier alpha value is -2.97. The van der Waals surface area contributed by atoms with Crippen LogP contribution in [0.25, 0.3) is 0 Å². The molecule has 0 atom stereocenters. The maximum Gasteiger partial charge on any atom is 0.255 e. The largest absolute Gasteiger partial charge is 0.319 e. The van der Waals surface area contributed by atoms with E-state index in [-0.39, 0.29) is 11.6 Å². The highest BCUT2D eigenvalue weighted by Gasteiger charge is 2.09. The summed E-state index contributed by atoms with van der Waals surface area (Å²) in [5, 5.41) is 5.38. The minimum atomic E-state index is -0.505. The summed E-state index contributed by atoms with van der Waals surface area (Å²) in [5.41, 5.74) is 1.85. The highest BCUT2D eigenvalue weighted by Crippen LogP contribution is 2.17. The molecular weight excluding hydrogens is 323 g/mol. The molecule has 5 heteroatoms. The van der Waals surface area contributed by atoms with E-state index in [2.05, 4.69) is 22.1 Å².